The third-order valence-electron chi connectivity index (χ3n) is 4.72. The van der Waals surface area contributed by atoms with Gasteiger partial charge >= 0.3 is 11.9 Å². The van der Waals surface area contributed by atoms with Crippen LogP contribution in [0, 0.1) is 5.92 Å². The molecule has 1 amide bonds. The minimum Gasteiger partial charge on any atom is -0.481 e. The largest absolute Gasteiger partial charge is 0.481 e. The van der Waals surface area contributed by atoms with Crippen LogP contribution in [0.15, 0.2) is 24.3 Å². The third kappa shape index (κ3) is 3.13. The lowest BCUT2D eigenvalue weighted by atomic mass is 9.91. The molecular weight excluding hydrogens is 330 g/mol. The molecule has 0 saturated carbocycles. The van der Waals surface area contributed by atoms with Crippen molar-refractivity contribution in [2.24, 2.45) is 5.92 Å². The highest BCUT2D eigenvalue weighted by molar-refractivity contribution is 8.00. The van der Waals surface area contributed by atoms with Crippen LogP contribution in [0.4, 0.5) is 0 Å². The van der Waals surface area contributed by atoms with E-state index in [0.29, 0.717) is 0 Å². The summed E-state index contributed by atoms with van der Waals surface area (Å²) in [6.45, 7) is -0.0373. The van der Waals surface area contributed by atoms with Gasteiger partial charge in [-0.3, -0.25) is 9.59 Å². The van der Waals surface area contributed by atoms with E-state index in [2.05, 4.69) is 0 Å². The van der Waals surface area contributed by atoms with Crippen molar-refractivity contribution in [2.75, 3.05) is 12.3 Å². The maximum Gasteiger partial charge on any atom is 0.326 e. The van der Waals surface area contributed by atoms with Crippen LogP contribution in [0.3, 0.4) is 0 Å². The van der Waals surface area contributed by atoms with Gasteiger partial charge in [-0.15, -0.1) is 11.8 Å². The number of carbonyl (C=O) groups excluding carboxylic acids is 1. The van der Waals surface area contributed by atoms with Gasteiger partial charge in [-0.1, -0.05) is 24.3 Å². The summed E-state index contributed by atoms with van der Waals surface area (Å²) in [6.07, 6.45) is 1.34. The van der Waals surface area contributed by atoms with Crippen molar-refractivity contribution in [2.45, 2.75) is 30.6 Å². The van der Waals surface area contributed by atoms with Gasteiger partial charge in [0.05, 0.1) is 5.92 Å². The monoisotopic (exact) mass is 349 g/mol. The second kappa shape index (κ2) is 6.84. The van der Waals surface area contributed by atoms with Crippen molar-refractivity contribution < 1.29 is 24.6 Å². The first-order valence-electron chi connectivity index (χ1n) is 7.94. The van der Waals surface area contributed by atoms with E-state index in [-0.39, 0.29) is 25.3 Å². The molecule has 2 heterocycles. The summed E-state index contributed by atoms with van der Waals surface area (Å²) in [6, 6.07) is 6.75. The number of hydrogen-bond acceptors (Lipinski definition) is 4. The number of hydrogen-bond donors (Lipinski definition) is 2. The van der Waals surface area contributed by atoms with Crippen LogP contribution in [-0.2, 0) is 20.8 Å². The lowest BCUT2D eigenvalue weighted by Gasteiger charge is -2.38. The van der Waals surface area contributed by atoms with Crippen molar-refractivity contribution in [1.29, 1.82) is 0 Å². The van der Waals surface area contributed by atoms with E-state index in [4.69, 9.17) is 0 Å². The summed E-state index contributed by atoms with van der Waals surface area (Å²) < 4.78 is 0. The molecule has 6 nitrogen and oxygen atoms in total. The maximum absolute atomic E-state index is 13.0. The van der Waals surface area contributed by atoms with Crippen LogP contribution < -0.4 is 0 Å². The third-order valence-corrected chi connectivity index (χ3v) is 5.95. The summed E-state index contributed by atoms with van der Waals surface area (Å²) in [7, 11) is 0. The summed E-state index contributed by atoms with van der Waals surface area (Å²) in [5, 5.41) is 18.2. The van der Waals surface area contributed by atoms with E-state index in [1.165, 1.54) is 16.7 Å². The van der Waals surface area contributed by atoms with Gasteiger partial charge < -0.3 is 15.1 Å². The number of fused-ring (bicyclic) bond motifs is 1. The quantitative estimate of drug-likeness (QED) is 0.864. The van der Waals surface area contributed by atoms with E-state index < -0.39 is 29.1 Å². The zero-order chi connectivity index (χ0) is 17.3. The van der Waals surface area contributed by atoms with Crippen LogP contribution in [-0.4, -0.2) is 51.3 Å². The van der Waals surface area contributed by atoms with Gasteiger partial charge in [-0.2, -0.15) is 0 Å². The molecule has 24 heavy (non-hydrogen) atoms. The molecule has 0 aromatic heterocycles. The van der Waals surface area contributed by atoms with Gasteiger partial charge in [-0.05, 0) is 36.1 Å². The SMILES string of the molecule is O=C(O)C1CCC(C(=O)O)N(C(=O)C2SCCc3ccccc32)C1. The van der Waals surface area contributed by atoms with Crippen LogP contribution in [0.2, 0.25) is 0 Å². The molecule has 3 rings (SSSR count). The van der Waals surface area contributed by atoms with Crippen LogP contribution in [0.25, 0.3) is 0 Å². The number of rotatable bonds is 3. The molecular formula is C17H19NO5S. The Morgan fingerprint density at radius 2 is 1.83 bits per heavy atom. The van der Waals surface area contributed by atoms with Crippen molar-refractivity contribution in [3.8, 4) is 0 Å². The molecule has 0 radical (unpaired) electrons. The number of aliphatic carboxylic acids is 2. The number of likely N-dealkylation sites (tertiary alicyclic amines) is 1. The lowest BCUT2D eigenvalue weighted by Crippen LogP contribution is -2.53. The number of nitrogens with zero attached hydrogens (tertiary/aromatic N) is 1. The highest BCUT2D eigenvalue weighted by Crippen LogP contribution is 2.39. The zero-order valence-electron chi connectivity index (χ0n) is 13.1. The Bertz CT molecular complexity index is 677. The Morgan fingerprint density at radius 1 is 1.08 bits per heavy atom. The molecule has 1 aromatic carbocycles. The Morgan fingerprint density at radius 3 is 2.54 bits per heavy atom. The van der Waals surface area contributed by atoms with E-state index in [1.807, 2.05) is 24.3 Å². The molecule has 2 aliphatic heterocycles. The first-order valence-corrected chi connectivity index (χ1v) is 8.99. The number of carboxylic acid groups (broad SMARTS) is 2. The zero-order valence-corrected chi connectivity index (χ0v) is 13.9. The molecule has 2 N–H and O–H groups in total. The van der Waals surface area contributed by atoms with Crippen LogP contribution in [0.5, 0.6) is 0 Å². The van der Waals surface area contributed by atoms with Gasteiger partial charge in [0.2, 0.25) is 5.91 Å². The normalized spacial score (nSPS) is 26.5. The molecule has 3 unspecified atom stereocenters. The molecule has 1 saturated heterocycles. The summed E-state index contributed by atoms with van der Waals surface area (Å²) in [5.41, 5.74) is 2.02. The van der Waals surface area contributed by atoms with Crippen molar-refractivity contribution in [3.63, 3.8) is 0 Å². The smallest absolute Gasteiger partial charge is 0.326 e. The Kier molecular flexibility index (Phi) is 4.80. The highest BCUT2D eigenvalue weighted by Gasteiger charge is 2.41. The standard InChI is InChI=1S/C17H19NO5S/c19-15(14-12-4-2-1-3-10(12)7-8-24-14)18-9-11(16(20)21)5-6-13(18)17(22)23/h1-4,11,13-14H,5-9H2,(H,20,21)(H,22,23). The van der Waals surface area contributed by atoms with Crippen molar-refractivity contribution in [3.05, 3.63) is 35.4 Å². The van der Waals surface area contributed by atoms with E-state index in [1.54, 1.807) is 0 Å². The van der Waals surface area contributed by atoms with E-state index in [9.17, 15) is 24.6 Å². The average Bonchev–Trinajstić information content (AvgIpc) is 2.60. The van der Waals surface area contributed by atoms with Crippen molar-refractivity contribution >= 4 is 29.6 Å². The molecule has 7 heteroatoms. The molecule has 1 fully saturated rings. The first-order chi connectivity index (χ1) is 11.5. The van der Waals surface area contributed by atoms with Crippen LogP contribution in [0.1, 0.15) is 29.2 Å². The average molecular weight is 349 g/mol. The molecule has 0 aliphatic carbocycles. The topological polar surface area (TPSA) is 94.9 Å². The number of carbonyl (C=O) groups is 3. The van der Waals surface area contributed by atoms with E-state index in [0.717, 1.165) is 23.3 Å². The summed E-state index contributed by atoms with van der Waals surface area (Å²) in [5.74, 6) is -2.24. The summed E-state index contributed by atoms with van der Waals surface area (Å²) >= 11 is 1.50. The lowest BCUT2D eigenvalue weighted by molar-refractivity contribution is -0.157. The fourth-order valence-corrected chi connectivity index (χ4v) is 4.68. The minimum atomic E-state index is -1.07. The minimum absolute atomic E-state index is 0.0373. The molecule has 3 atom stereocenters. The Balaban J connectivity index is 1.89. The number of benzene rings is 1. The van der Waals surface area contributed by atoms with Crippen molar-refractivity contribution in [1.82, 2.24) is 4.90 Å². The van der Waals surface area contributed by atoms with Crippen LogP contribution >= 0.6 is 11.8 Å². The predicted molar refractivity (Wildman–Crippen MR) is 88.8 cm³/mol. The fourth-order valence-electron chi connectivity index (χ4n) is 3.42. The van der Waals surface area contributed by atoms with Gasteiger partial charge in [0.15, 0.2) is 0 Å². The van der Waals surface area contributed by atoms with E-state index >= 15 is 0 Å². The maximum atomic E-state index is 13.0. The number of thioether (sulfide) groups is 1. The molecule has 2 aliphatic rings. The molecule has 128 valence electrons. The Hall–Kier alpha value is -2.02. The number of carboxylic acids is 2. The Labute approximate surface area is 143 Å². The predicted octanol–water partition coefficient (Wildman–Crippen LogP) is 1.79. The molecule has 1 aromatic rings. The number of aryl methyl sites for hydroxylation is 1. The molecule has 0 spiro atoms. The first kappa shape index (κ1) is 16.8. The van der Waals surface area contributed by atoms with Gasteiger partial charge in [0, 0.05) is 6.54 Å². The highest BCUT2D eigenvalue weighted by atomic mass is 32.2. The second-order valence-corrected chi connectivity index (χ2v) is 7.37. The van der Waals surface area contributed by atoms with Gasteiger partial charge in [0.1, 0.15) is 11.3 Å². The van der Waals surface area contributed by atoms with Gasteiger partial charge in [-0.25, -0.2) is 4.79 Å². The number of piperidine rings is 1. The van der Waals surface area contributed by atoms with Gasteiger partial charge in [0.25, 0.3) is 0 Å². The number of amides is 1. The fraction of sp³-hybridized carbons (Fsp3) is 0.471. The molecule has 0 bridgehead atoms. The second-order valence-electron chi connectivity index (χ2n) is 6.16. The summed E-state index contributed by atoms with van der Waals surface area (Å²) in [4.78, 5) is 37.1.